The number of benzene rings is 1. The van der Waals surface area contributed by atoms with Crippen LogP contribution in [0.2, 0.25) is 0 Å². The standard InChI is InChI=1S/C36H55N13O10/c1-20(50)45-23(9-6-16-42-36(39)40)33(57)47-24-10-5-15-41-28(52)14-12-22(31(38)55)46-30(54)19-43-29(53)18-44-32(56)26(17-21-7-3-2-4-8-21)49-35(59)25(48-34(24)58)11-13-27(37)51/h2-4,7-8,22-26H,5-6,9-19H2,1H3,(H2,37,51)(H2,38,55)(H,41,52)(H,43,53)(H,44,56)(H,45,50)(H,46,54)(H,47,57)(H,48,58)(H,49,59)(H4,39,40,42)/t22?,23?,24?,25-,26?/m0/s1. The molecule has 0 aliphatic carbocycles. The topological polar surface area (TPSA) is 383 Å². The number of carbonyl (C=O) groups excluding carboxylic acids is 10. The van der Waals surface area contributed by atoms with Crippen molar-refractivity contribution in [3.63, 3.8) is 0 Å². The van der Waals surface area contributed by atoms with Gasteiger partial charge in [0.2, 0.25) is 59.1 Å². The number of amides is 10. The van der Waals surface area contributed by atoms with Crippen LogP contribution in [0.15, 0.2) is 35.3 Å². The summed E-state index contributed by atoms with van der Waals surface area (Å²) in [6, 6.07) is 1.91. The third-order valence-electron chi connectivity index (χ3n) is 8.70. The molecule has 10 amide bonds. The first-order chi connectivity index (χ1) is 27.9. The first-order valence-corrected chi connectivity index (χ1v) is 18.9. The predicted octanol–water partition coefficient (Wildman–Crippen LogP) is -5.60. The van der Waals surface area contributed by atoms with Gasteiger partial charge in [0.05, 0.1) is 13.1 Å². The van der Waals surface area contributed by atoms with E-state index in [1.54, 1.807) is 30.3 Å². The molecule has 1 aliphatic heterocycles. The van der Waals surface area contributed by atoms with Gasteiger partial charge in [-0.05, 0) is 44.1 Å². The summed E-state index contributed by atoms with van der Waals surface area (Å²) in [4.78, 5) is 132. The fraction of sp³-hybridized carbons (Fsp3) is 0.528. The number of hydrogen-bond donors (Lipinski definition) is 12. The first kappa shape index (κ1) is 48.3. The van der Waals surface area contributed by atoms with Gasteiger partial charge in [-0.15, -0.1) is 0 Å². The molecule has 0 bridgehead atoms. The molecule has 1 heterocycles. The average Bonchev–Trinajstić information content (AvgIpc) is 3.17. The monoisotopic (exact) mass is 829 g/mol. The summed E-state index contributed by atoms with van der Waals surface area (Å²) < 4.78 is 0. The van der Waals surface area contributed by atoms with E-state index >= 15 is 0 Å². The van der Waals surface area contributed by atoms with Crippen molar-refractivity contribution in [1.82, 2.24) is 42.5 Å². The fourth-order valence-corrected chi connectivity index (χ4v) is 5.68. The van der Waals surface area contributed by atoms with Crippen LogP contribution in [-0.2, 0) is 54.4 Å². The minimum Gasteiger partial charge on any atom is -0.370 e. The number of primary amides is 2. The van der Waals surface area contributed by atoms with Crippen LogP contribution in [0.1, 0.15) is 63.9 Å². The van der Waals surface area contributed by atoms with Gasteiger partial charge < -0.3 is 65.5 Å². The maximum atomic E-state index is 13.9. The highest BCUT2D eigenvalue weighted by Gasteiger charge is 2.32. The summed E-state index contributed by atoms with van der Waals surface area (Å²) in [5.74, 6) is -8.01. The average molecular weight is 830 g/mol. The zero-order valence-electron chi connectivity index (χ0n) is 32.8. The zero-order chi connectivity index (χ0) is 43.9. The van der Waals surface area contributed by atoms with Crippen LogP contribution in [0.25, 0.3) is 0 Å². The number of nitrogens with one attached hydrogen (secondary N) is 8. The van der Waals surface area contributed by atoms with Crippen LogP contribution in [0.5, 0.6) is 0 Å². The summed E-state index contributed by atoms with van der Waals surface area (Å²) in [5.41, 5.74) is 22.1. The summed E-state index contributed by atoms with van der Waals surface area (Å²) in [5, 5.41) is 19.8. The lowest BCUT2D eigenvalue weighted by Gasteiger charge is -2.26. The van der Waals surface area contributed by atoms with Crippen molar-refractivity contribution in [2.24, 2.45) is 27.9 Å². The van der Waals surface area contributed by atoms with Crippen LogP contribution >= 0.6 is 0 Å². The van der Waals surface area contributed by atoms with E-state index in [9.17, 15) is 47.9 Å². The number of hydrogen-bond acceptors (Lipinski definition) is 11. The molecule has 2 rings (SSSR count). The van der Waals surface area contributed by atoms with E-state index in [1.165, 1.54) is 6.92 Å². The summed E-state index contributed by atoms with van der Waals surface area (Å²) in [6.07, 6.45) is -0.941. The molecule has 23 nitrogen and oxygen atoms in total. The van der Waals surface area contributed by atoms with Gasteiger partial charge in [0.25, 0.3) is 0 Å². The third kappa shape index (κ3) is 19.8. The molecular weight excluding hydrogens is 774 g/mol. The highest BCUT2D eigenvalue weighted by atomic mass is 16.2. The van der Waals surface area contributed by atoms with Crippen molar-refractivity contribution in [3.8, 4) is 0 Å². The lowest BCUT2D eigenvalue weighted by Crippen LogP contribution is -2.58. The molecule has 1 saturated heterocycles. The number of guanidine groups is 1. The predicted molar refractivity (Wildman–Crippen MR) is 211 cm³/mol. The molecule has 5 atom stereocenters. The number of carbonyl (C=O) groups is 10. The number of nitrogens with two attached hydrogens (primary N) is 4. The van der Waals surface area contributed by atoms with Crippen molar-refractivity contribution in [2.45, 2.75) is 94.9 Å². The Bertz CT molecular complexity index is 1700. The van der Waals surface area contributed by atoms with Crippen LogP contribution in [0, 0.1) is 0 Å². The molecule has 0 saturated carbocycles. The highest BCUT2D eigenvalue weighted by Crippen LogP contribution is 2.09. The molecule has 1 aromatic carbocycles. The van der Waals surface area contributed by atoms with Gasteiger partial charge in [-0.2, -0.15) is 0 Å². The van der Waals surface area contributed by atoms with Crippen LogP contribution in [0.3, 0.4) is 0 Å². The zero-order valence-corrected chi connectivity index (χ0v) is 32.8. The fourth-order valence-electron chi connectivity index (χ4n) is 5.68. The Hall–Kier alpha value is -6.81. The molecule has 0 spiro atoms. The molecule has 0 radical (unpaired) electrons. The second-order valence-electron chi connectivity index (χ2n) is 13.6. The van der Waals surface area contributed by atoms with Crippen molar-refractivity contribution < 1.29 is 47.9 Å². The van der Waals surface area contributed by atoms with Crippen molar-refractivity contribution >= 4 is 65.0 Å². The quantitative estimate of drug-likeness (QED) is 0.0503. The SMILES string of the molecule is CC(=O)NC(CCCN=C(N)N)C(=O)NC1CCCNC(=O)CCC(C(N)=O)NC(=O)CNC(=O)CNC(=O)C(Cc2ccccc2)NC(=O)[C@H](CCC(N)=O)NC1=O. The molecule has 1 aromatic rings. The van der Waals surface area contributed by atoms with Gasteiger partial charge in [0, 0.05) is 39.3 Å². The minimum absolute atomic E-state index is 0.0341. The van der Waals surface area contributed by atoms with Gasteiger partial charge >= 0.3 is 0 Å². The van der Waals surface area contributed by atoms with Gasteiger partial charge in [-0.1, -0.05) is 30.3 Å². The van der Waals surface area contributed by atoms with Crippen LogP contribution < -0.4 is 65.5 Å². The highest BCUT2D eigenvalue weighted by molar-refractivity contribution is 5.97. The van der Waals surface area contributed by atoms with Gasteiger partial charge in [-0.25, -0.2) is 0 Å². The Balaban J connectivity index is 2.48. The summed E-state index contributed by atoms with van der Waals surface area (Å²) in [7, 11) is 0. The van der Waals surface area contributed by atoms with Crippen LogP contribution in [-0.4, -0.2) is 121 Å². The Morgan fingerprint density at radius 3 is 2.12 bits per heavy atom. The molecule has 1 fully saturated rings. The Morgan fingerprint density at radius 2 is 1.47 bits per heavy atom. The molecule has 1 aliphatic rings. The Morgan fingerprint density at radius 1 is 0.797 bits per heavy atom. The number of rotatable bonds is 13. The molecule has 59 heavy (non-hydrogen) atoms. The van der Waals surface area contributed by atoms with Gasteiger partial charge in [-0.3, -0.25) is 52.9 Å². The Labute approximate surface area is 340 Å². The second-order valence-corrected chi connectivity index (χ2v) is 13.6. The van der Waals surface area contributed by atoms with Crippen molar-refractivity contribution in [1.29, 1.82) is 0 Å². The van der Waals surface area contributed by atoms with Crippen LogP contribution in [0.4, 0.5) is 0 Å². The van der Waals surface area contributed by atoms with E-state index in [0.29, 0.717) is 5.56 Å². The summed E-state index contributed by atoms with van der Waals surface area (Å²) in [6.45, 7) is 0.0576. The molecule has 324 valence electrons. The minimum atomic E-state index is -1.48. The lowest BCUT2D eigenvalue weighted by atomic mass is 10.0. The number of nitrogens with zero attached hydrogens (tertiary/aromatic N) is 1. The Kier molecular flexibility index (Phi) is 20.8. The second kappa shape index (κ2) is 25.4. The third-order valence-corrected chi connectivity index (χ3v) is 8.70. The normalized spacial score (nSPS) is 21.0. The van der Waals surface area contributed by atoms with E-state index in [4.69, 9.17) is 22.9 Å². The van der Waals surface area contributed by atoms with E-state index in [0.717, 1.165) is 0 Å². The molecule has 23 heteroatoms. The summed E-state index contributed by atoms with van der Waals surface area (Å²) >= 11 is 0. The first-order valence-electron chi connectivity index (χ1n) is 18.9. The number of aliphatic imine (C=N–C) groups is 1. The molecule has 4 unspecified atom stereocenters. The van der Waals surface area contributed by atoms with E-state index < -0.39 is 102 Å². The molecule has 16 N–H and O–H groups in total. The maximum Gasteiger partial charge on any atom is 0.243 e. The largest absolute Gasteiger partial charge is 0.370 e. The molecule has 0 aromatic heterocycles. The van der Waals surface area contributed by atoms with E-state index in [-0.39, 0.29) is 76.8 Å². The van der Waals surface area contributed by atoms with E-state index in [1.807, 2.05) is 0 Å². The van der Waals surface area contributed by atoms with Crippen molar-refractivity contribution in [3.05, 3.63) is 35.9 Å². The smallest absolute Gasteiger partial charge is 0.243 e. The van der Waals surface area contributed by atoms with Gasteiger partial charge in [0.1, 0.15) is 30.2 Å². The van der Waals surface area contributed by atoms with Crippen molar-refractivity contribution in [2.75, 3.05) is 26.2 Å². The van der Waals surface area contributed by atoms with E-state index in [2.05, 4.69) is 47.5 Å². The van der Waals surface area contributed by atoms with Gasteiger partial charge in [0.15, 0.2) is 5.96 Å². The maximum absolute atomic E-state index is 13.9. The molecular formula is C36H55N13O10. The lowest BCUT2D eigenvalue weighted by molar-refractivity contribution is -0.135.